The van der Waals surface area contributed by atoms with Crippen LogP contribution in [0.3, 0.4) is 0 Å². The number of hydrogen-bond donors (Lipinski definition) is 1. The van der Waals surface area contributed by atoms with Gasteiger partial charge in [-0.05, 0) is 12.1 Å². The summed E-state index contributed by atoms with van der Waals surface area (Å²) in [6.45, 7) is -0.364. The third kappa shape index (κ3) is 2.14. The van der Waals surface area contributed by atoms with Gasteiger partial charge in [-0.3, -0.25) is 10.1 Å². The zero-order chi connectivity index (χ0) is 12.6. The molecule has 1 heterocycles. The highest BCUT2D eigenvalue weighted by Gasteiger charge is 2.49. The number of sulfone groups is 1. The van der Waals surface area contributed by atoms with E-state index in [0.29, 0.717) is 0 Å². The molecule has 0 saturated carbocycles. The quantitative estimate of drug-likeness (QED) is 0.466. The molecule has 1 aliphatic rings. The number of ether oxygens (including phenoxy) is 1. The second kappa shape index (κ2) is 4.06. The van der Waals surface area contributed by atoms with Gasteiger partial charge in [0.2, 0.25) is 9.84 Å². The average Bonchev–Trinajstić information content (AvgIpc) is 3.09. The Morgan fingerprint density at radius 3 is 2.35 bits per heavy atom. The molecule has 17 heavy (non-hydrogen) atoms. The summed E-state index contributed by atoms with van der Waals surface area (Å²) in [7, 11) is -3.67. The first-order valence-electron chi connectivity index (χ1n) is 4.71. The van der Waals surface area contributed by atoms with Gasteiger partial charge in [0.05, 0.1) is 16.4 Å². The Morgan fingerprint density at radius 1 is 1.35 bits per heavy atom. The SMILES string of the molecule is O=[N+]([O-])c1ccc(S(=O)(=O)C2OC2CO)cc1. The first-order chi connectivity index (χ1) is 7.96. The van der Waals surface area contributed by atoms with Crippen LogP contribution in [0.2, 0.25) is 0 Å². The van der Waals surface area contributed by atoms with E-state index in [2.05, 4.69) is 0 Å². The highest BCUT2D eigenvalue weighted by atomic mass is 32.2. The summed E-state index contributed by atoms with van der Waals surface area (Å²) in [6, 6.07) is 4.54. The fourth-order valence-electron chi connectivity index (χ4n) is 1.42. The normalized spacial score (nSPS) is 23.4. The zero-order valence-corrected chi connectivity index (χ0v) is 9.33. The van der Waals surface area contributed by atoms with E-state index < -0.39 is 26.3 Å². The van der Waals surface area contributed by atoms with Crippen LogP contribution in [0, 0.1) is 10.1 Å². The predicted octanol–water partition coefficient (Wildman–Crippen LogP) is 0.0857. The van der Waals surface area contributed by atoms with E-state index in [0.717, 1.165) is 24.3 Å². The van der Waals surface area contributed by atoms with E-state index in [9.17, 15) is 18.5 Å². The largest absolute Gasteiger partial charge is 0.394 e. The molecule has 1 fully saturated rings. The van der Waals surface area contributed by atoms with E-state index in [-0.39, 0.29) is 17.2 Å². The highest BCUT2D eigenvalue weighted by molar-refractivity contribution is 7.92. The smallest absolute Gasteiger partial charge is 0.269 e. The minimum absolute atomic E-state index is 0.0518. The first kappa shape index (κ1) is 12.0. The summed E-state index contributed by atoms with van der Waals surface area (Å²) in [5.74, 6) is 0. The maximum absolute atomic E-state index is 11.8. The molecule has 0 spiro atoms. The molecule has 0 aromatic heterocycles. The van der Waals surface area contributed by atoms with Gasteiger partial charge in [0.1, 0.15) is 6.10 Å². The molecule has 8 heteroatoms. The average molecular weight is 259 g/mol. The second-order valence-electron chi connectivity index (χ2n) is 3.52. The molecule has 0 radical (unpaired) electrons. The van der Waals surface area contributed by atoms with E-state index in [1.54, 1.807) is 0 Å². The number of epoxide rings is 1. The number of nitro groups is 1. The van der Waals surface area contributed by atoms with E-state index >= 15 is 0 Å². The summed E-state index contributed by atoms with van der Waals surface area (Å²) < 4.78 is 28.5. The van der Waals surface area contributed by atoms with Crippen molar-refractivity contribution >= 4 is 15.5 Å². The number of non-ortho nitro benzene ring substituents is 1. The number of aliphatic hydroxyl groups excluding tert-OH is 1. The fourth-order valence-corrected chi connectivity index (χ4v) is 2.98. The predicted molar refractivity (Wildman–Crippen MR) is 56.0 cm³/mol. The van der Waals surface area contributed by atoms with Gasteiger partial charge in [-0.25, -0.2) is 8.42 Å². The number of hydrogen-bond acceptors (Lipinski definition) is 6. The molecule has 2 atom stereocenters. The molecule has 2 unspecified atom stereocenters. The van der Waals surface area contributed by atoms with Gasteiger partial charge >= 0.3 is 0 Å². The molecule has 0 aliphatic carbocycles. The zero-order valence-electron chi connectivity index (χ0n) is 8.52. The van der Waals surface area contributed by atoms with Crippen molar-refractivity contribution in [3.63, 3.8) is 0 Å². The first-order valence-corrected chi connectivity index (χ1v) is 6.26. The van der Waals surface area contributed by atoms with Crippen LogP contribution in [0.15, 0.2) is 29.2 Å². The summed E-state index contributed by atoms with van der Waals surface area (Å²) in [6.07, 6.45) is -0.699. The van der Waals surface area contributed by atoms with Gasteiger partial charge in [0.25, 0.3) is 5.69 Å². The van der Waals surface area contributed by atoms with Crippen LogP contribution in [0.5, 0.6) is 0 Å². The Bertz CT molecular complexity index is 537. The van der Waals surface area contributed by atoms with Crippen LogP contribution in [0.25, 0.3) is 0 Å². The van der Waals surface area contributed by atoms with E-state index in [1.807, 2.05) is 0 Å². The van der Waals surface area contributed by atoms with Crippen LogP contribution in [0.1, 0.15) is 0 Å². The van der Waals surface area contributed by atoms with Crippen LogP contribution in [0.4, 0.5) is 5.69 Å². The third-order valence-electron chi connectivity index (χ3n) is 2.40. The summed E-state index contributed by atoms with van der Waals surface area (Å²) in [4.78, 5) is 9.74. The molecule has 1 aromatic rings. The number of rotatable bonds is 4. The summed E-state index contributed by atoms with van der Waals surface area (Å²) in [5, 5.41) is 19.1. The topological polar surface area (TPSA) is 110 Å². The van der Waals surface area contributed by atoms with Crippen molar-refractivity contribution in [1.82, 2.24) is 0 Å². The Morgan fingerprint density at radius 2 is 1.94 bits per heavy atom. The molecular formula is C9H9NO6S. The molecule has 92 valence electrons. The Kier molecular flexibility index (Phi) is 2.86. The molecule has 1 aromatic carbocycles. The lowest BCUT2D eigenvalue weighted by molar-refractivity contribution is -0.384. The van der Waals surface area contributed by atoms with Crippen molar-refractivity contribution in [1.29, 1.82) is 0 Å². The lowest BCUT2D eigenvalue weighted by atomic mass is 10.3. The molecule has 1 aliphatic heterocycles. The maximum Gasteiger partial charge on any atom is 0.269 e. The van der Waals surface area contributed by atoms with Crippen molar-refractivity contribution < 1.29 is 23.2 Å². The third-order valence-corrected chi connectivity index (χ3v) is 4.35. The minimum atomic E-state index is -3.67. The minimum Gasteiger partial charge on any atom is -0.394 e. The van der Waals surface area contributed by atoms with Gasteiger partial charge in [0.15, 0.2) is 5.44 Å². The van der Waals surface area contributed by atoms with Crippen molar-refractivity contribution in [2.45, 2.75) is 16.4 Å². The standard InChI is InChI=1S/C9H9NO6S/c11-5-8-9(16-8)17(14,15)7-3-1-6(2-4-7)10(12)13/h1-4,8-9,11H,5H2. The van der Waals surface area contributed by atoms with Crippen molar-refractivity contribution in [2.75, 3.05) is 6.61 Å². The Balaban J connectivity index is 2.26. The summed E-state index contributed by atoms with van der Waals surface area (Å²) >= 11 is 0. The van der Waals surface area contributed by atoms with Crippen LogP contribution >= 0.6 is 0 Å². The van der Waals surface area contributed by atoms with Gasteiger partial charge < -0.3 is 9.84 Å². The molecule has 0 bridgehead atoms. The van der Waals surface area contributed by atoms with Gasteiger partial charge in [-0.1, -0.05) is 0 Å². The summed E-state index contributed by atoms with van der Waals surface area (Å²) in [5.41, 5.74) is -1.23. The second-order valence-corrected chi connectivity index (χ2v) is 5.55. The molecule has 1 saturated heterocycles. The Labute approximate surface area is 96.7 Å². The molecule has 2 rings (SSSR count). The van der Waals surface area contributed by atoms with Crippen LogP contribution in [-0.2, 0) is 14.6 Å². The lowest BCUT2D eigenvalue weighted by Crippen LogP contribution is -2.13. The van der Waals surface area contributed by atoms with Gasteiger partial charge in [-0.15, -0.1) is 0 Å². The van der Waals surface area contributed by atoms with Crippen molar-refractivity contribution in [3.05, 3.63) is 34.4 Å². The van der Waals surface area contributed by atoms with Gasteiger partial charge in [-0.2, -0.15) is 0 Å². The van der Waals surface area contributed by atoms with E-state index in [1.165, 1.54) is 0 Å². The lowest BCUT2D eigenvalue weighted by Gasteiger charge is -2.00. The van der Waals surface area contributed by atoms with Crippen molar-refractivity contribution in [2.24, 2.45) is 0 Å². The maximum atomic E-state index is 11.8. The van der Waals surface area contributed by atoms with Crippen LogP contribution < -0.4 is 0 Å². The van der Waals surface area contributed by atoms with Gasteiger partial charge in [0, 0.05) is 12.1 Å². The molecule has 7 nitrogen and oxygen atoms in total. The highest BCUT2D eigenvalue weighted by Crippen LogP contribution is 2.32. The van der Waals surface area contributed by atoms with E-state index in [4.69, 9.17) is 9.84 Å². The fraction of sp³-hybridized carbons (Fsp3) is 0.333. The molecule has 0 amide bonds. The number of nitro benzene ring substituents is 1. The number of nitrogens with zero attached hydrogens (tertiary/aromatic N) is 1. The van der Waals surface area contributed by atoms with Crippen LogP contribution in [-0.4, -0.2) is 36.6 Å². The molecular weight excluding hydrogens is 250 g/mol. The number of aliphatic hydroxyl groups is 1. The van der Waals surface area contributed by atoms with Crippen molar-refractivity contribution in [3.8, 4) is 0 Å². The molecule has 1 N–H and O–H groups in total. The number of benzene rings is 1. The Hall–Kier alpha value is -1.51. The monoisotopic (exact) mass is 259 g/mol.